The van der Waals surface area contributed by atoms with E-state index in [1.165, 1.54) is 0 Å². The molecular formula is C19H18N4O2. The quantitative estimate of drug-likeness (QED) is 0.568. The number of hydrogen-bond acceptors (Lipinski definition) is 5. The van der Waals surface area contributed by atoms with Gasteiger partial charge in [-0.05, 0) is 43.7 Å². The van der Waals surface area contributed by atoms with E-state index in [-0.39, 0.29) is 0 Å². The summed E-state index contributed by atoms with van der Waals surface area (Å²) in [5.41, 5.74) is 2.72. The van der Waals surface area contributed by atoms with Crippen LogP contribution in [0.25, 0.3) is 22.7 Å². The first-order valence-corrected chi connectivity index (χ1v) is 8.03. The van der Waals surface area contributed by atoms with Crippen LogP contribution in [0.4, 0.5) is 0 Å². The van der Waals surface area contributed by atoms with Crippen molar-refractivity contribution >= 4 is 11.2 Å². The normalized spacial score (nSPS) is 11.2. The Labute approximate surface area is 145 Å². The van der Waals surface area contributed by atoms with E-state index >= 15 is 0 Å². The van der Waals surface area contributed by atoms with Crippen molar-refractivity contribution in [2.75, 3.05) is 7.11 Å². The van der Waals surface area contributed by atoms with Crippen LogP contribution in [0.1, 0.15) is 17.1 Å². The maximum Gasteiger partial charge on any atom is 0.197 e. The van der Waals surface area contributed by atoms with Crippen LogP contribution in [-0.4, -0.2) is 26.6 Å². The Bertz CT molecular complexity index is 1030. The van der Waals surface area contributed by atoms with Crippen molar-refractivity contribution in [1.82, 2.24) is 19.5 Å². The molecule has 0 atom stereocenters. The molecule has 0 N–H and O–H groups in total. The highest BCUT2D eigenvalue weighted by molar-refractivity contribution is 5.72. The van der Waals surface area contributed by atoms with Crippen LogP contribution in [0, 0.1) is 13.8 Å². The molecule has 4 rings (SSSR count). The molecule has 0 bridgehead atoms. The lowest BCUT2D eigenvalue weighted by atomic mass is 10.2. The number of benzene rings is 1. The topological polar surface area (TPSA) is 66.0 Å². The van der Waals surface area contributed by atoms with Gasteiger partial charge in [-0.25, -0.2) is 15.0 Å². The van der Waals surface area contributed by atoms with Crippen molar-refractivity contribution in [3.63, 3.8) is 0 Å². The average Bonchev–Trinajstić information content (AvgIpc) is 3.19. The third kappa shape index (κ3) is 2.87. The molecule has 0 aliphatic rings. The molecule has 1 aromatic carbocycles. The molecule has 0 fully saturated rings. The zero-order chi connectivity index (χ0) is 17.4. The minimum atomic E-state index is 0.566. The summed E-state index contributed by atoms with van der Waals surface area (Å²) in [5, 5.41) is 0. The fraction of sp³-hybridized carbons (Fsp3) is 0.211. The Balaban J connectivity index is 1.75. The highest BCUT2D eigenvalue weighted by atomic mass is 16.5. The molecule has 6 nitrogen and oxygen atoms in total. The third-order valence-corrected chi connectivity index (χ3v) is 4.14. The minimum absolute atomic E-state index is 0.566. The molecular weight excluding hydrogens is 316 g/mol. The SMILES string of the molecule is COc1ccc(Cn2c(C)nc3cnc(-c4ccc(C)o4)nc32)cc1. The van der Waals surface area contributed by atoms with Gasteiger partial charge in [0.25, 0.3) is 0 Å². The van der Waals surface area contributed by atoms with Gasteiger partial charge < -0.3 is 13.7 Å². The van der Waals surface area contributed by atoms with Gasteiger partial charge >= 0.3 is 0 Å². The van der Waals surface area contributed by atoms with Crippen LogP contribution >= 0.6 is 0 Å². The Morgan fingerprint density at radius 1 is 1.04 bits per heavy atom. The van der Waals surface area contributed by atoms with Crippen molar-refractivity contribution in [3.8, 4) is 17.3 Å². The zero-order valence-electron chi connectivity index (χ0n) is 14.4. The standard InChI is InChI=1S/C19H18N4O2/c1-12-4-9-17(25-12)18-20-10-16-19(22-18)23(13(2)21-16)11-14-5-7-15(24-3)8-6-14/h4-10H,11H2,1-3H3. The van der Waals surface area contributed by atoms with Crippen LogP contribution in [0.2, 0.25) is 0 Å². The van der Waals surface area contributed by atoms with Gasteiger partial charge in [-0.1, -0.05) is 12.1 Å². The minimum Gasteiger partial charge on any atom is -0.497 e. The summed E-state index contributed by atoms with van der Waals surface area (Å²) in [6.45, 7) is 4.56. The van der Waals surface area contributed by atoms with Crippen LogP contribution in [0.3, 0.4) is 0 Å². The average molecular weight is 334 g/mol. The fourth-order valence-corrected chi connectivity index (χ4v) is 2.81. The summed E-state index contributed by atoms with van der Waals surface area (Å²) in [5.74, 6) is 3.80. The maximum absolute atomic E-state index is 5.64. The molecule has 0 saturated carbocycles. The molecule has 0 aliphatic carbocycles. The molecule has 3 heterocycles. The number of rotatable bonds is 4. The Hall–Kier alpha value is -3.15. The maximum atomic E-state index is 5.64. The smallest absolute Gasteiger partial charge is 0.197 e. The van der Waals surface area contributed by atoms with Gasteiger partial charge in [0.2, 0.25) is 0 Å². The van der Waals surface area contributed by atoms with E-state index in [0.29, 0.717) is 18.1 Å². The number of nitrogens with zero attached hydrogens (tertiary/aromatic N) is 4. The predicted molar refractivity (Wildman–Crippen MR) is 94.6 cm³/mol. The molecule has 126 valence electrons. The summed E-state index contributed by atoms with van der Waals surface area (Å²) >= 11 is 0. The van der Waals surface area contributed by atoms with Gasteiger partial charge in [0.1, 0.15) is 22.9 Å². The third-order valence-electron chi connectivity index (χ3n) is 4.14. The number of ether oxygens (including phenoxy) is 1. The molecule has 25 heavy (non-hydrogen) atoms. The van der Waals surface area contributed by atoms with Gasteiger partial charge in [0.15, 0.2) is 17.2 Å². The molecule has 0 radical (unpaired) electrons. The molecule has 0 amide bonds. The van der Waals surface area contributed by atoms with E-state index in [9.17, 15) is 0 Å². The second-order valence-electron chi connectivity index (χ2n) is 5.91. The van der Waals surface area contributed by atoms with Crippen molar-refractivity contribution in [2.45, 2.75) is 20.4 Å². The number of aromatic nitrogens is 4. The van der Waals surface area contributed by atoms with Crippen molar-refractivity contribution in [1.29, 1.82) is 0 Å². The van der Waals surface area contributed by atoms with Gasteiger partial charge in [-0.15, -0.1) is 0 Å². The second-order valence-corrected chi connectivity index (χ2v) is 5.91. The first-order valence-electron chi connectivity index (χ1n) is 8.03. The number of imidazole rings is 1. The lowest BCUT2D eigenvalue weighted by Crippen LogP contribution is -2.03. The molecule has 0 spiro atoms. The molecule has 6 heteroatoms. The van der Waals surface area contributed by atoms with Crippen LogP contribution in [-0.2, 0) is 6.54 Å². The fourth-order valence-electron chi connectivity index (χ4n) is 2.81. The van der Waals surface area contributed by atoms with E-state index in [1.807, 2.05) is 50.2 Å². The van der Waals surface area contributed by atoms with Gasteiger partial charge in [-0.2, -0.15) is 0 Å². The van der Waals surface area contributed by atoms with Crippen LogP contribution in [0.5, 0.6) is 5.75 Å². The summed E-state index contributed by atoms with van der Waals surface area (Å²) in [6.07, 6.45) is 1.74. The number of methoxy groups -OCH3 is 1. The largest absolute Gasteiger partial charge is 0.497 e. The van der Waals surface area contributed by atoms with E-state index in [4.69, 9.17) is 9.15 Å². The second kappa shape index (κ2) is 6.05. The first-order chi connectivity index (χ1) is 12.1. The van der Waals surface area contributed by atoms with Crippen molar-refractivity contribution in [2.24, 2.45) is 0 Å². The van der Waals surface area contributed by atoms with Crippen molar-refractivity contribution < 1.29 is 9.15 Å². The molecule has 4 aromatic rings. The Morgan fingerprint density at radius 2 is 1.84 bits per heavy atom. The predicted octanol–water partition coefficient (Wildman–Crippen LogP) is 3.76. The van der Waals surface area contributed by atoms with E-state index in [1.54, 1.807) is 13.3 Å². The number of furan rings is 1. The Kier molecular flexibility index (Phi) is 3.72. The lowest BCUT2D eigenvalue weighted by molar-refractivity contribution is 0.414. The van der Waals surface area contributed by atoms with Gasteiger partial charge in [-0.3, -0.25) is 0 Å². The van der Waals surface area contributed by atoms with Crippen LogP contribution < -0.4 is 4.74 Å². The first kappa shape index (κ1) is 15.4. The molecule has 0 saturated heterocycles. The monoisotopic (exact) mass is 334 g/mol. The number of aryl methyl sites for hydroxylation is 2. The van der Waals surface area contributed by atoms with E-state index in [0.717, 1.165) is 34.1 Å². The number of fused-ring (bicyclic) bond motifs is 1. The summed E-state index contributed by atoms with van der Waals surface area (Å²) in [4.78, 5) is 13.6. The van der Waals surface area contributed by atoms with E-state index in [2.05, 4.69) is 19.5 Å². The van der Waals surface area contributed by atoms with Crippen LogP contribution in [0.15, 0.2) is 47.0 Å². The van der Waals surface area contributed by atoms with Gasteiger partial charge in [0, 0.05) is 0 Å². The Morgan fingerprint density at radius 3 is 2.52 bits per heavy atom. The summed E-state index contributed by atoms with van der Waals surface area (Å²) in [7, 11) is 1.66. The van der Waals surface area contributed by atoms with Gasteiger partial charge in [0.05, 0.1) is 19.9 Å². The van der Waals surface area contributed by atoms with Crippen molar-refractivity contribution in [3.05, 3.63) is 59.7 Å². The highest BCUT2D eigenvalue weighted by Gasteiger charge is 2.13. The van der Waals surface area contributed by atoms with E-state index < -0.39 is 0 Å². The number of hydrogen-bond donors (Lipinski definition) is 0. The summed E-state index contributed by atoms with van der Waals surface area (Å²) < 4.78 is 12.9. The zero-order valence-corrected chi connectivity index (χ0v) is 14.4. The highest BCUT2D eigenvalue weighted by Crippen LogP contribution is 2.22. The summed E-state index contributed by atoms with van der Waals surface area (Å²) in [6, 6.07) is 11.8. The molecule has 3 aromatic heterocycles. The lowest BCUT2D eigenvalue weighted by Gasteiger charge is -2.08. The molecule has 0 unspecified atom stereocenters. The molecule has 0 aliphatic heterocycles.